The van der Waals surface area contributed by atoms with Crippen molar-refractivity contribution in [1.29, 1.82) is 5.41 Å². The maximum atomic E-state index is 7.83. The van der Waals surface area contributed by atoms with Crippen molar-refractivity contribution < 1.29 is 0 Å². The summed E-state index contributed by atoms with van der Waals surface area (Å²) in [4.78, 5) is 0. The summed E-state index contributed by atoms with van der Waals surface area (Å²) in [6.45, 7) is 4.10. The molecule has 0 aromatic heterocycles. The number of benzene rings is 1. The summed E-state index contributed by atoms with van der Waals surface area (Å²) in [6.07, 6.45) is 0.641. The minimum atomic E-state index is 0.263. The number of hydrogen-bond acceptors (Lipinski definition) is 2. The van der Waals surface area contributed by atoms with Crippen molar-refractivity contribution >= 4 is 11.5 Å². The van der Waals surface area contributed by atoms with Crippen LogP contribution in [0, 0.1) is 5.41 Å². The summed E-state index contributed by atoms with van der Waals surface area (Å²) in [5, 5.41) is 14.1. The average Bonchev–Trinajstić information content (AvgIpc) is 2.62. The minimum Gasteiger partial charge on any atom is -0.287 e. The topological polar surface area (TPSA) is 39.5 Å². The van der Waals surface area contributed by atoms with Gasteiger partial charge in [-0.05, 0) is 19.4 Å². The van der Waals surface area contributed by atoms with Crippen LogP contribution in [0.15, 0.2) is 35.4 Å². The molecule has 0 saturated heterocycles. The van der Waals surface area contributed by atoms with Gasteiger partial charge in [-0.3, -0.25) is 5.41 Å². The molecular weight excluding hydrogens is 186 g/mol. The molecule has 1 heterocycles. The van der Waals surface area contributed by atoms with Crippen LogP contribution in [-0.4, -0.2) is 22.6 Å². The van der Waals surface area contributed by atoms with E-state index in [2.05, 4.69) is 5.10 Å². The highest BCUT2D eigenvalue weighted by atomic mass is 15.5. The molecular formula is C12H15N3. The Bertz CT molecular complexity index is 393. The lowest BCUT2D eigenvalue weighted by molar-refractivity contribution is 0.373. The van der Waals surface area contributed by atoms with Crippen molar-refractivity contribution in [3.63, 3.8) is 0 Å². The van der Waals surface area contributed by atoms with E-state index in [0.29, 0.717) is 12.3 Å². The Morgan fingerprint density at radius 1 is 1.27 bits per heavy atom. The van der Waals surface area contributed by atoms with Crippen LogP contribution < -0.4 is 0 Å². The monoisotopic (exact) mass is 201 g/mol. The smallest absolute Gasteiger partial charge is 0.123 e. The normalized spacial score (nSPS) is 16.1. The van der Waals surface area contributed by atoms with Crippen LogP contribution in [0.4, 0.5) is 0 Å². The molecule has 1 aromatic rings. The second-order valence-corrected chi connectivity index (χ2v) is 3.97. The van der Waals surface area contributed by atoms with E-state index >= 15 is 0 Å². The van der Waals surface area contributed by atoms with Gasteiger partial charge in [0.1, 0.15) is 5.84 Å². The molecule has 3 heteroatoms. The van der Waals surface area contributed by atoms with Crippen LogP contribution in [0.1, 0.15) is 25.8 Å². The fraction of sp³-hybridized carbons (Fsp3) is 0.333. The lowest BCUT2D eigenvalue weighted by Gasteiger charge is -2.17. The first-order valence-electron chi connectivity index (χ1n) is 5.18. The number of hydrogen-bond donors (Lipinski definition) is 1. The molecule has 0 unspecified atom stereocenters. The Morgan fingerprint density at radius 3 is 2.47 bits per heavy atom. The van der Waals surface area contributed by atoms with Crippen molar-refractivity contribution in [2.75, 3.05) is 0 Å². The zero-order valence-electron chi connectivity index (χ0n) is 9.07. The van der Waals surface area contributed by atoms with Crippen molar-refractivity contribution in [2.24, 2.45) is 5.10 Å². The third-order valence-electron chi connectivity index (χ3n) is 2.44. The molecule has 0 bridgehead atoms. The first-order valence-corrected chi connectivity index (χ1v) is 5.18. The Labute approximate surface area is 89.9 Å². The zero-order valence-corrected chi connectivity index (χ0v) is 9.07. The SMILES string of the molecule is CC(C)N1N=C(c2ccccc2)CC1=N. The highest BCUT2D eigenvalue weighted by Gasteiger charge is 2.23. The first kappa shape index (κ1) is 9.90. The van der Waals surface area contributed by atoms with Gasteiger partial charge in [0.2, 0.25) is 0 Å². The zero-order chi connectivity index (χ0) is 10.8. The van der Waals surface area contributed by atoms with Gasteiger partial charge >= 0.3 is 0 Å². The number of hydrazone groups is 1. The third-order valence-corrected chi connectivity index (χ3v) is 2.44. The number of nitrogens with one attached hydrogen (secondary N) is 1. The second-order valence-electron chi connectivity index (χ2n) is 3.97. The summed E-state index contributed by atoms with van der Waals surface area (Å²) in [7, 11) is 0. The summed E-state index contributed by atoms with van der Waals surface area (Å²) < 4.78 is 0. The molecule has 1 aliphatic heterocycles. The molecule has 3 nitrogen and oxygen atoms in total. The molecule has 78 valence electrons. The average molecular weight is 201 g/mol. The number of nitrogens with zero attached hydrogens (tertiary/aromatic N) is 2. The molecule has 1 aromatic carbocycles. The van der Waals surface area contributed by atoms with E-state index in [1.165, 1.54) is 0 Å². The summed E-state index contributed by atoms with van der Waals surface area (Å²) in [6, 6.07) is 10.3. The van der Waals surface area contributed by atoms with Crippen LogP contribution in [0.25, 0.3) is 0 Å². The second kappa shape index (κ2) is 3.85. The molecule has 1 N–H and O–H groups in total. The molecule has 15 heavy (non-hydrogen) atoms. The Balaban J connectivity index is 2.27. The third kappa shape index (κ3) is 1.91. The van der Waals surface area contributed by atoms with Crippen LogP contribution in [0.3, 0.4) is 0 Å². The van der Waals surface area contributed by atoms with E-state index in [-0.39, 0.29) is 6.04 Å². The van der Waals surface area contributed by atoms with E-state index in [0.717, 1.165) is 11.3 Å². The molecule has 0 saturated carbocycles. The van der Waals surface area contributed by atoms with E-state index in [9.17, 15) is 0 Å². The quantitative estimate of drug-likeness (QED) is 0.784. The first-order chi connectivity index (χ1) is 7.18. The molecule has 0 radical (unpaired) electrons. The van der Waals surface area contributed by atoms with Gasteiger partial charge in [-0.1, -0.05) is 30.3 Å². The summed E-state index contributed by atoms with van der Waals surface area (Å²) in [5.74, 6) is 0.587. The Hall–Kier alpha value is -1.64. The lowest BCUT2D eigenvalue weighted by atomic mass is 10.1. The minimum absolute atomic E-state index is 0.263. The molecule has 0 spiro atoms. The van der Waals surface area contributed by atoms with Gasteiger partial charge in [-0.15, -0.1) is 0 Å². The lowest BCUT2D eigenvalue weighted by Crippen LogP contribution is -2.27. The van der Waals surface area contributed by atoms with Gasteiger partial charge < -0.3 is 0 Å². The van der Waals surface area contributed by atoms with Crippen LogP contribution in [-0.2, 0) is 0 Å². The number of amidine groups is 1. The standard InChI is InChI=1S/C12H15N3/c1-9(2)15-12(13)8-11(14-15)10-6-4-3-5-7-10/h3-7,9,13H,8H2,1-2H3. The summed E-state index contributed by atoms with van der Waals surface area (Å²) in [5.41, 5.74) is 2.11. The largest absolute Gasteiger partial charge is 0.287 e. The maximum absolute atomic E-state index is 7.83. The summed E-state index contributed by atoms with van der Waals surface area (Å²) >= 11 is 0. The van der Waals surface area contributed by atoms with Gasteiger partial charge in [-0.2, -0.15) is 5.10 Å². The van der Waals surface area contributed by atoms with E-state index in [1.54, 1.807) is 5.01 Å². The van der Waals surface area contributed by atoms with Crippen LogP contribution in [0.2, 0.25) is 0 Å². The predicted molar refractivity (Wildman–Crippen MR) is 62.3 cm³/mol. The highest BCUT2D eigenvalue weighted by molar-refractivity contribution is 6.14. The van der Waals surface area contributed by atoms with Gasteiger partial charge in [0.25, 0.3) is 0 Å². The molecule has 0 aliphatic carbocycles. The molecule has 1 aliphatic rings. The van der Waals surface area contributed by atoms with Crippen molar-refractivity contribution in [3.8, 4) is 0 Å². The maximum Gasteiger partial charge on any atom is 0.123 e. The van der Waals surface area contributed by atoms with Crippen molar-refractivity contribution in [1.82, 2.24) is 5.01 Å². The van der Waals surface area contributed by atoms with E-state index in [1.807, 2.05) is 44.2 Å². The van der Waals surface area contributed by atoms with Gasteiger partial charge in [-0.25, -0.2) is 5.01 Å². The van der Waals surface area contributed by atoms with E-state index < -0.39 is 0 Å². The van der Waals surface area contributed by atoms with Crippen molar-refractivity contribution in [2.45, 2.75) is 26.3 Å². The predicted octanol–water partition coefficient (Wildman–Crippen LogP) is 2.48. The molecule has 0 atom stereocenters. The number of rotatable bonds is 2. The highest BCUT2D eigenvalue weighted by Crippen LogP contribution is 2.17. The Morgan fingerprint density at radius 2 is 1.93 bits per heavy atom. The molecule has 0 fully saturated rings. The Kier molecular flexibility index (Phi) is 2.54. The van der Waals surface area contributed by atoms with Gasteiger partial charge in [0.15, 0.2) is 0 Å². The molecule has 0 amide bonds. The van der Waals surface area contributed by atoms with Crippen LogP contribution in [0.5, 0.6) is 0 Å². The molecule has 2 rings (SSSR count). The fourth-order valence-electron chi connectivity index (χ4n) is 1.68. The van der Waals surface area contributed by atoms with Crippen LogP contribution >= 0.6 is 0 Å². The van der Waals surface area contributed by atoms with Gasteiger partial charge in [0.05, 0.1) is 12.1 Å². The van der Waals surface area contributed by atoms with Gasteiger partial charge in [0, 0.05) is 6.04 Å². The fourth-order valence-corrected chi connectivity index (χ4v) is 1.68. The van der Waals surface area contributed by atoms with Crippen molar-refractivity contribution in [3.05, 3.63) is 35.9 Å². The van der Waals surface area contributed by atoms with E-state index in [4.69, 9.17) is 5.41 Å².